The lowest BCUT2D eigenvalue weighted by molar-refractivity contribution is -0.120. The maximum Gasteiger partial charge on any atom is 0.264 e. The summed E-state index contributed by atoms with van der Waals surface area (Å²) >= 11 is 0. The third kappa shape index (κ3) is 5.34. The lowest BCUT2D eigenvalue weighted by Gasteiger charge is -2.18. The Labute approximate surface area is 199 Å². The van der Waals surface area contributed by atoms with Crippen molar-refractivity contribution < 1.29 is 27.4 Å². The number of sulfonamides is 1. The second-order valence-corrected chi connectivity index (χ2v) is 9.77. The molecule has 0 aromatic heterocycles. The quantitative estimate of drug-likeness (QED) is 0.492. The summed E-state index contributed by atoms with van der Waals surface area (Å²) in [4.78, 5) is 13.4. The predicted octanol–water partition coefficient (Wildman–Crippen LogP) is 4.21. The highest BCUT2D eigenvalue weighted by molar-refractivity contribution is 7.90. The SMILES string of the molecule is CCCc1ccc(S(=O)(=O)NC(=O)C(Cc2cccc(OC)c2)c2ccc3c(c2)OCO3)cc1. The van der Waals surface area contributed by atoms with Gasteiger partial charge in [0.15, 0.2) is 11.5 Å². The maximum atomic E-state index is 13.4. The van der Waals surface area contributed by atoms with E-state index in [2.05, 4.69) is 11.6 Å². The molecule has 1 N–H and O–H groups in total. The van der Waals surface area contributed by atoms with Gasteiger partial charge in [-0.2, -0.15) is 0 Å². The van der Waals surface area contributed by atoms with Crippen LogP contribution in [0.25, 0.3) is 0 Å². The van der Waals surface area contributed by atoms with Crippen molar-refractivity contribution in [3.8, 4) is 17.2 Å². The molecule has 1 amide bonds. The fraction of sp³-hybridized carbons (Fsp3) is 0.269. The van der Waals surface area contributed by atoms with Crippen LogP contribution < -0.4 is 18.9 Å². The van der Waals surface area contributed by atoms with E-state index in [0.29, 0.717) is 22.8 Å². The van der Waals surface area contributed by atoms with E-state index in [4.69, 9.17) is 14.2 Å². The summed E-state index contributed by atoms with van der Waals surface area (Å²) < 4.78 is 44.4. The molecule has 1 atom stereocenters. The van der Waals surface area contributed by atoms with Crippen LogP contribution in [0.2, 0.25) is 0 Å². The van der Waals surface area contributed by atoms with Crippen LogP contribution in [-0.2, 0) is 27.7 Å². The van der Waals surface area contributed by atoms with Crippen molar-refractivity contribution in [1.82, 2.24) is 4.72 Å². The first kappa shape index (κ1) is 23.6. The van der Waals surface area contributed by atoms with Crippen LogP contribution in [0, 0.1) is 0 Å². The zero-order valence-electron chi connectivity index (χ0n) is 19.1. The Morgan fingerprint density at radius 1 is 1.00 bits per heavy atom. The largest absolute Gasteiger partial charge is 0.497 e. The van der Waals surface area contributed by atoms with E-state index in [-0.39, 0.29) is 18.1 Å². The third-order valence-electron chi connectivity index (χ3n) is 5.70. The van der Waals surface area contributed by atoms with E-state index >= 15 is 0 Å². The molecule has 4 rings (SSSR count). The molecule has 1 aliphatic heterocycles. The lowest BCUT2D eigenvalue weighted by atomic mass is 9.91. The molecule has 0 fully saturated rings. The molecule has 1 unspecified atom stereocenters. The second kappa shape index (κ2) is 10.2. The number of carbonyl (C=O) groups is 1. The van der Waals surface area contributed by atoms with Gasteiger partial charge in [-0.1, -0.05) is 43.7 Å². The number of aryl methyl sites for hydroxylation is 1. The van der Waals surface area contributed by atoms with Crippen LogP contribution in [0.1, 0.15) is 36.0 Å². The molecule has 1 aliphatic rings. The first-order chi connectivity index (χ1) is 16.4. The normalized spacial score (nSPS) is 13.4. The van der Waals surface area contributed by atoms with Gasteiger partial charge in [-0.25, -0.2) is 13.1 Å². The topological polar surface area (TPSA) is 90.9 Å². The summed E-state index contributed by atoms with van der Waals surface area (Å²) in [5, 5.41) is 0. The Balaban J connectivity index is 1.62. The molecule has 3 aromatic carbocycles. The highest BCUT2D eigenvalue weighted by Gasteiger charge is 2.28. The van der Waals surface area contributed by atoms with Crippen molar-refractivity contribution in [2.24, 2.45) is 0 Å². The van der Waals surface area contributed by atoms with Crippen LogP contribution in [0.5, 0.6) is 17.2 Å². The van der Waals surface area contributed by atoms with Crippen molar-refractivity contribution >= 4 is 15.9 Å². The van der Waals surface area contributed by atoms with Crippen molar-refractivity contribution in [2.45, 2.75) is 37.0 Å². The molecule has 1 heterocycles. The van der Waals surface area contributed by atoms with Gasteiger partial charge in [-0.05, 0) is 65.9 Å². The number of carbonyl (C=O) groups excluding carboxylic acids is 1. The molecule has 0 saturated heterocycles. The summed E-state index contributed by atoms with van der Waals surface area (Å²) in [6, 6.07) is 19.1. The lowest BCUT2D eigenvalue weighted by Crippen LogP contribution is -2.35. The van der Waals surface area contributed by atoms with E-state index in [9.17, 15) is 13.2 Å². The number of hydrogen-bond donors (Lipinski definition) is 1. The Morgan fingerprint density at radius 2 is 1.76 bits per heavy atom. The van der Waals surface area contributed by atoms with Gasteiger partial charge < -0.3 is 14.2 Å². The number of ether oxygens (including phenoxy) is 3. The molecule has 178 valence electrons. The molecule has 8 heteroatoms. The van der Waals surface area contributed by atoms with Crippen LogP contribution in [-0.4, -0.2) is 28.2 Å². The average molecular weight is 482 g/mol. The highest BCUT2D eigenvalue weighted by atomic mass is 32.2. The molecule has 0 aliphatic carbocycles. The Morgan fingerprint density at radius 3 is 2.50 bits per heavy atom. The average Bonchev–Trinajstić information content (AvgIpc) is 3.31. The predicted molar refractivity (Wildman–Crippen MR) is 128 cm³/mol. The van der Waals surface area contributed by atoms with Gasteiger partial charge >= 0.3 is 0 Å². The number of hydrogen-bond acceptors (Lipinski definition) is 6. The second-order valence-electron chi connectivity index (χ2n) is 8.08. The van der Waals surface area contributed by atoms with E-state index in [0.717, 1.165) is 24.0 Å². The Bertz CT molecular complexity index is 1270. The zero-order valence-corrected chi connectivity index (χ0v) is 19.9. The molecule has 0 radical (unpaired) electrons. The molecule has 7 nitrogen and oxygen atoms in total. The minimum absolute atomic E-state index is 0.0477. The molecule has 0 spiro atoms. The summed E-state index contributed by atoms with van der Waals surface area (Å²) in [5.74, 6) is 0.358. The van der Waals surface area contributed by atoms with Crippen molar-refractivity contribution in [3.05, 3.63) is 83.4 Å². The highest BCUT2D eigenvalue weighted by Crippen LogP contribution is 2.36. The molecule has 0 bridgehead atoms. The van der Waals surface area contributed by atoms with E-state index in [1.54, 1.807) is 37.4 Å². The minimum Gasteiger partial charge on any atom is -0.497 e. The van der Waals surface area contributed by atoms with Gasteiger partial charge in [0.1, 0.15) is 5.75 Å². The summed E-state index contributed by atoms with van der Waals surface area (Å²) in [6.45, 7) is 2.16. The van der Waals surface area contributed by atoms with Gasteiger partial charge in [-0.3, -0.25) is 4.79 Å². The molecular weight excluding hydrogens is 454 g/mol. The van der Waals surface area contributed by atoms with Crippen LogP contribution in [0.3, 0.4) is 0 Å². The van der Waals surface area contributed by atoms with Gasteiger partial charge in [0.25, 0.3) is 10.0 Å². The zero-order chi connectivity index (χ0) is 24.1. The standard InChI is InChI=1S/C26H27NO6S/c1-3-5-18-8-11-22(12-9-18)34(29,30)27-26(28)23(15-19-6-4-7-21(14-19)31-2)20-10-13-24-25(16-20)33-17-32-24/h4,6-14,16,23H,3,5,15,17H2,1-2H3,(H,27,28). The summed E-state index contributed by atoms with van der Waals surface area (Å²) in [6.07, 6.45) is 2.09. The number of fused-ring (bicyclic) bond motifs is 1. The van der Waals surface area contributed by atoms with Gasteiger partial charge in [0.05, 0.1) is 17.9 Å². The molecule has 0 saturated carbocycles. The van der Waals surface area contributed by atoms with Crippen LogP contribution >= 0.6 is 0 Å². The number of benzene rings is 3. The van der Waals surface area contributed by atoms with Crippen molar-refractivity contribution in [1.29, 1.82) is 0 Å². The van der Waals surface area contributed by atoms with Gasteiger partial charge in [0.2, 0.25) is 12.7 Å². The molecular formula is C26H27NO6S. The Hall–Kier alpha value is -3.52. The third-order valence-corrected chi connectivity index (χ3v) is 7.06. The van der Waals surface area contributed by atoms with Gasteiger partial charge in [0, 0.05) is 0 Å². The number of rotatable bonds is 9. The molecule has 3 aromatic rings. The monoisotopic (exact) mass is 481 g/mol. The minimum atomic E-state index is -4.04. The van der Waals surface area contributed by atoms with Crippen molar-refractivity contribution in [3.63, 3.8) is 0 Å². The first-order valence-electron chi connectivity index (χ1n) is 11.1. The van der Waals surface area contributed by atoms with E-state index in [1.807, 2.05) is 24.3 Å². The molecule has 34 heavy (non-hydrogen) atoms. The Kier molecular flexibility index (Phi) is 7.07. The van der Waals surface area contributed by atoms with Gasteiger partial charge in [-0.15, -0.1) is 0 Å². The van der Waals surface area contributed by atoms with E-state index in [1.165, 1.54) is 12.1 Å². The fourth-order valence-corrected chi connectivity index (χ4v) is 4.93. The number of amides is 1. The smallest absolute Gasteiger partial charge is 0.264 e. The van der Waals surface area contributed by atoms with Crippen LogP contribution in [0.4, 0.5) is 0 Å². The maximum absolute atomic E-state index is 13.4. The van der Waals surface area contributed by atoms with E-state index < -0.39 is 21.8 Å². The summed E-state index contributed by atoms with van der Waals surface area (Å²) in [7, 11) is -2.47. The first-order valence-corrected chi connectivity index (χ1v) is 12.6. The van der Waals surface area contributed by atoms with Crippen LogP contribution in [0.15, 0.2) is 71.6 Å². The fourth-order valence-electron chi connectivity index (χ4n) is 3.91. The summed E-state index contributed by atoms with van der Waals surface area (Å²) in [5.41, 5.74) is 2.50. The number of nitrogens with one attached hydrogen (secondary N) is 1. The number of methoxy groups -OCH3 is 1. The van der Waals surface area contributed by atoms with Crippen molar-refractivity contribution in [2.75, 3.05) is 13.9 Å².